The van der Waals surface area contributed by atoms with E-state index in [1.165, 1.54) is 47.3 Å². The summed E-state index contributed by atoms with van der Waals surface area (Å²) < 4.78 is 36.9. The van der Waals surface area contributed by atoms with Gasteiger partial charge >= 0.3 is 12.1 Å². The average Bonchev–Trinajstić information content (AvgIpc) is 3.49. The van der Waals surface area contributed by atoms with Crippen LogP contribution in [-0.2, 0) is 35.3 Å². The number of amides is 1. The molecule has 0 fully saturated rings. The first-order chi connectivity index (χ1) is 19.4. The third-order valence-electron chi connectivity index (χ3n) is 7.40. The van der Waals surface area contributed by atoms with Gasteiger partial charge in [0.05, 0.1) is 23.1 Å². The molecule has 4 aromatic heterocycles. The lowest BCUT2D eigenvalue weighted by atomic mass is 9.87. The zero-order valence-electron chi connectivity index (χ0n) is 21.7. The van der Waals surface area contributed by atoms with E-state index in [1.54, 1.807) is 0 Å². The summed E-state index contributed by atoms with van der Waals surface area (Å²) >= 11 is 15.2. The number of carbonyl (C=O) groups excluding carboxylic acids is 1. The number of thiophene rings is 2. The first kappa shape index (κ1) is 29.9. The molecule has 4 heterocycles. The highest BCUT2D eigenvalue weighted by Crippen LogP contribution is 2.41. The van der Waals surface area contributed by atoms with Crippen molar-refractivity contribution >= 4 is 78.2 Å². The maximum absolute atomic E-state index is 12.4. The van der Waals surface area contributed by atoms with Crippen LogP contribution >= 0.6 is 45.9 Å². The van der Waals surface area contributed by atoms with E-state index < -0.39 is 18.6 Å². The van der Waals surface area contributed by atoms with Crippen LogP contribution in [0.5, 0.6) is 0 Å². The van der Waals surface area contributed by atoms with Crippen LogP contribution in [0, 0.1) is 11.8 Å². The molecule has 41 heavy (non-hydrogen) atoms. The molecule has 218 valence electrons. The first-order valence-electron chi connectivity index (χ1n) is 12.8. The molecule has 2 atom stereocenters. The molecule has 2 aliphatic carbocycles. The molecule has 1 N–H and O–H groups in total. The van der Waals surface area contributed by atoms with Gasteiger partial charge in [-0.05, 0) is 49.7 Å². The summed E-state index contributed by atoms with van der Waals surface area (Å²) in [5.74, 6) is -1.53. The van der Waals surface area contributed by atoms with E-state index >= 15 is 0 Å². The fourth-order valence-electron chi connectivity index (χ4n) is 5.28. The third kappa shape index (κ3) is 6.42. The number of halogens is 5. The molecule has 6 rings (SSSR count). The monoisotopic (exact) mass is 645 g/mol. The van der Waals surface area contributed by atoms with Crippen molar-refractivity contribution < 1.29 is 27.9 Å². The number of aliphatic carboxylic acids is 1. The summed E-state index contributed by atoms with van der Waals surface area (Å²) in [6.45, 7) is -0.310. The molecule has 0 saturated heterocycles. The van der Waals surface area contributed by atoms with Crippen LogP contribution in [0.3, 0.4) is 0 Å². The molecule has 0 aromatic carbocycles. The molecule has 0 unspecified atom stereocenters. The molecule has 0 radical (unpaired) electrons. The van der Waals surface area contributed by atoms with Crippen molar-refractivity contribution in [2.45, 2.75) is 51.1 Å². The van der Waals surface area contributed by atoms with Crippen LogP contribution in [0.2, 0.25) is 10.3 Å². The number of carbonyl (C=O) groups is 2. The minimum absolute atomic E-state index is 0.237. The second-order valence-corrected chi connectivity index (χ2v) is 12.9. The summed E-state index contributed by atoms with van der Waals surface area (Å²) in [6.07, 6.45) is 1.38. The number of carboxylic acid groups (broad SMARTS) is 1. The summed E-state index contributed by atoms with van der Waals surface area (Å²) in [5, 5.41) is 11.7. The highest BCUT2D eigenvalue weighted by molar-refractivity contribution is 7.19. The number of nitrogens with zero attached hydrogens (tertiary/aromatic N) is 5. The minimum Gasteiger partial charge on any atom is -0.481 e. The number of aryl methyl sites for hydroxylation is 2. The Hall–Kier alpha value is -2.61. The van der Waals surface area contributed by atoms with Crippen molar-refractivity contribution in [2.75, 3.05) is 13.6 Å². The summed E-state index contributed by atoms with van der Waals surface area (Å²) in [4.78, 5) is 44.8. The predicted octanol–water partition coefficient (Wildman–Crippen LogP) is 6.39. The van der Waals surface area contributed by atoms with E-state index in [0.717, 1.165) is 47.7 Å². The molecule has 4 aromatic rings. The van der Waals surface area contributed by atoms with Crippen molar-refractivity contribution in [1.29, 1.82) is 0 Å². The Labute approximate surface area is 250 Å². The first-order valence-corrected chi connectivity index (χ1v) is 15.2. The van der Waals surface area contributed by atoms with E-state index in [0.29, 0.717) is 42.4 Å². The number of hydrogen-bond donors (Lipinski definition) is 1. The van der Waals surface area contributed by atoms with E-state index in [4.69, 9.17) is 28.3 Å². The zero-order chi connectivity index (χ0) is 29.5. The van der Waals surface area contributed by atoms with Crippen molar-refractivity contribution in [3.63, 3.8) is 0 Å². The van der Waals surface area contributed by atoms with E-state index in [1.807, 2.05) is 0 Å². The Morgan fingerprint density at radius 1 is 0.927 bits per heavy atom. The highest BCUT2D eigenvalue weighted by atomic mass is 35.5. The van der Waals surface area contributed by atoms with Crippen molar-refractivity contribution in [2.24, 2.45) is 11.8 Å². The molecule has 15 heteroatoms. The Bertz CT molecular complexity index is 1630. The number of rotatable bonds is 4. The van der Waals surface area contributed by atoms with Gasteiger partial charge in [-0.2, -0.15) is 13.2 Å². The van der Waals surface area contributed by atoms with Gasteiger partial charge in [0.1, 0.15) is 32.6 Å². The highest BCUT2D eigenvalue weighted by Gasteiger charge is 2.33. The van der Waals surface area contributed by atoms with Crippen LogP contribution in [-0.4, -0.2) is 61.6 Å². The van der Waals surface area contributed by atoms with Crippen molar-refractivity contribution in [3.8, 4) is 0 Å². The van der Waals surface area contributed by atoms with Gasteiger partial charge in [0.15, 0.2) is 0 Å². The summed E-state index contributed by atoms with van der Waals surface area (Å²) in [5.41, 5.74) is 2.22. The largest absolute Gasteiger partial charge is 0.481 e. The Balaban J connectivity index is 0.000000174. The Morgan fingerprint density at radius 2 is 1.41 bits per heavy atom. The summed E-state index contributed by atoms with van der Waals surface area (Å²) in [7, 11) is 1.43. The molecule has 0 spiro atoms. The molecule has 1 amide bonds. The van der Waals surface area contributed by atoms with Crippen LogP contribution in [0.4, 0.5) is 13.2 Å². The van der Waals surface area contributed by atoms with Gasteiger partial charge in [0, 0.05) is 29.3 Å². The standard InChI is InChI=1S/C15H15ClF3N3OS.C11H9ClN2O2S/c1-22(5-4-15(17,18)19)14(23)8-2-3-9-10(6-8)24-13-11(9)12(16)20-7-21-13;12-9-8-6-2-1-5(11(15)16)3-7(6)17-10(8)14-4-13-9/h7-8H,2-6H2,1H3;4-5H,1-3H2,(H,15,16)/t8-;5-/m00/s1. The second-order valence-electron chi connectivity index (χ2n) is 10.0. The maximum Gasteiger partial charge on any atom is 0.390 e. The zero-order valence-corrected chi connectivity index (χ0v) is 24.8. The molecular weight excluding hydrogens is 622 g/mol. The van der Waals surface area contributed by atoms with Gasteiger partial charge in [0.25, 0.3) is 0 Å². The van der Waals surface area contributed by atoms with Gasteiger partial charge in [-0.25, -0.2) is 19.9 Å². The van der Waals surface area contributed by atoms with Crippen molar-refractivity contribution in [1.82, 2.24) is 24.8 Å². The van der Waals surface area contributed by atoms with Crippen molar-refractivity contribution in [3.05, 3.63) is 43.8 Å². The SMILES string of the molecule is CN(CCC(F)(F)F)C(=O)[C@H]1CCc2c(sc3ncnc(Cl)c23)C1.O=C(O)[C@H]1CCc2c(sc3ncnc(Cl)c23)C1. The van der Waals surface area contributed by atoms with E-state index in [9.17, 15) is 22.8 Å². The number of fused-ring (bicyclic) bond motifs is 6. The summed E-state index contributed by atoms with van der Waals surface area (Å²) in [6, 6.07) is 0. The fraction of sp³-hybridized carbons (Fsp3) is 0.462. The average molecular weight is 647 g/mol. The maximum atomic E-state index is 12.4. The van der Waals surface area contributed by atoms with Gasteiger partial charge in [-0.1, -0.05) is 23.2 Å². The molecule has 8 nitrogen and oxygen atoms in total. The molecule has 2 aliphatic rings. The van der Waals surface area contributed by atoms with Crippen LogP contribution in [0.1, 0.15) is 40.1 Å². The quantitative estimate of drug-likeness (QED) is 0.256. The normalized spacial score (nSPS) is 18.4. The fourth-order valence-corrected chi connectivity index (χ4v) is 8.42. The predicted molar refractivity (Wildman–Crippen MR) is 152 cm³/mol. The van der Waals surface area contributed by atoms with E-state index in [-0.39, 0.29) is 24.3 Å². The smallest absolute Gasteiger partial charge is 0.390 e. The third-order valence-corrected chi connectivity index (χ3v) is 10.3. The van der Waals surface area contributed by atoms with Crippen LogP contribution in [0.25, 0.3) is 20.4 Å². The Kier molecular flexibility index (Phi) is 8.70. The Morgan fingerprint density at radius 3 is 1.90 bits per heavy atom. The lowest BCUT2D eigenvalue weighted by molar-refractivity contribution is -0.146. The topological polar surface area (TPSA) is 109 Å². The molecule has 0 aliphatic heterocycles. The van der Waals surface area contributed by atoms with Crippen LogP contribution in [0.15, 0.2) is 12.7 Å². The lowest BCUT2D eigenvalue weighted by Gasteiger charge is -2.27. The second kappa shape index (κ2) is 11.9. The minimum atomic E-state index is -4.25. The van der Waals surface area contributed by atoms with Gasteiger partial charge in [0.2, 0.25) is 5.91 Å². The molecule has 0 saturated carbocycles. The number of hydrogen-bond acceptors (Lipinski definition) is 8. The lowest BCUT2D eigenvalue weighted by Crippen LogP contribution is -2.37. The number of aromatic nitrogens is 4. The van der Waals surface area contributed by atoms with Gasteiger partial charge in [-0.15, -0.1) is 22.7 Å². The van der Waals surface area contributed by atoms with Gasteiger partial charge < -0.3 is 10.0 Å². The van der Waals surface area contributed by atoms with E-state index in [2.05, 4.69) is 19.9 Å². The number of carboxylic acids is 1. The molecular formula is C26H24Cl2F3N5O3S2. The number of alkyl halides is 3. The van der Waals surface area contributed by atoms with Crippen LogP contribution < -0.4 is 0 Å². The molecule has 0 bridgehead atoms. The van der Waals surface area contributed by atoms with Gasteiger partial charge in [-0.3, -0.25) is 9.59 Å².